The Kier molecular flexibility index (Phi) is 7.75. The number of carbonyl (C=O) groups is 1. The van der Waals surface area contributed by atoms with Crippen LogP contribution in [0.15, 0.2) is 41.3 Å². The molecule has 0 aromatic heterocycles. The minimum absolute atomic E-state index is 0.0257. The van der Waals surface area contributed by atoms with Crippen LogP contribution in [0.5, 0.6) is 5.75 Å². The number of halogens is 1. The molecule has 29 heavy (non-hydrogen) atoms. The number of carbonyl (C=O) groups excluding carboxylic acids is 1. The fourth-order valence-electron chi connectivity index (χ4n) is 2.92. The molecule has 0 aliphatic carbocycles. The summed E-state index contributed by atoms with van der Waals surface area (Å²) < 4.78 is 51.3. The quantitative estimate of drug-likeness (QED) is 0.454. The summed E-state index contributed by atoms with van der Waals surface area (Å²) >= 11 is 0. The van der Waals surface area contributed by atoms with Gasteiger partial charge >= 0.3 is 5.97 Å². The second-order valence-corrected chi connectivity index (χ2v) is 8.35. The SMILES string of the molecule is CCN(CC)S(=O)(=O)c1cc(C(=O)OCCOc2c(C)cccc2C)ccc1F. The summed E-state index contributed by atoms with van der Waals surface area (Å²) in [6.45, 7) is 7.67. The molecule has 0 unspecified atom stereocenters. The first-order valence-electron chi connectivity index (χ1n) is 9.38. The molecule has 0 saturated heterocycles. The van der Waals surface area contributed by atoms with Gasteiger partial charge in [0.2, 0.25) is 10.0 Å². The van der Waals surface area contributed by atoms with E-state index in [1.165, 1.54) is 6.07 Å². The van der Waals surface area contributed by atoms with Gasteiger partial charge in [-0.1, -0.05) is 32.0 Å². The molecular formula is C21H26FNO5S. The van der Waals surface area contributed by atoms with E-state index < -0.39 is 26.7 Å². The number of hydrogen-bond donors (Lipinski definition) is 0. The monoisotopic (exact) mass is 423 g/mol. The van der Waals surface area contributed by atoms with Crippen LogP contribution < -0.4 is 4.74 Å². The van der Waals surface area contributed by atoms with Gasteiger partial charge in [0.15, 0.2) is 0 Å². The normalized spacial score (nSPS) is 11.5. The van der Waals surface area contributed by atoms with Crippen molar-refractivity contribution in [2.45, 2.75) is 32.6 Å². The molecule has 0 radical (unpaired) electrons. The van der Waals surface area contributed by atoms with Gasteiger partial charge in [-0.25, -0.2) is 17.6 Å². The van der Waals surface area contributed by atoms with E-state index in [4.69, 9.17) is 9.47 Å². The van der Waals surface area contributed by atoms with Crippen LogP contribution in [0, 0.1) is 19.7 Å². The highest BCUT2D eigenvalue weighted by atomic mass is 32.2. The topological polar surface area (TPSA) is 72.9 Å². The number of nitrogens with zero attached hydrogens (tertiary/aromatic N) is 1. The van der Waals surface area contributed by atoms with Gasteiger partial charge in [-0.15, -0.1) is 0 Å². The maximum atomic E-state index is 14.2. The van der Waals surface area contributed by atoms with E-state index >= 15 is 0 Å². The van der Waals surface area contributed by atoms with Gasteiger partial charge in [-0.3, -0.25) is 0 Å². The lowest BCUT2D eigenvalue weighted by atomic mass is 10.1. The van der Waals surface area contributed by atoms with Gasteiger partial charge in [-0.05, 0) is 43.2 Å². The molecule has 0 amide bonds. The Bertz CT molecular complexity index is 951. The van der Waals surface area contributed by atoms with Crippen LogP contribution in [0.4, 0.5) is 4.39 Å². The number of aryl methyl sites for hydroxylation is 2. The minimum atomic E-state index is -4.03. The molecule has 2 aromatic rings. The fraction of sp³-hybridized carbons (Fsp3) is 0.381. The number of esters is 1. The number of rotatable bonds is 9. The Balaban J connectivity index is 2.06. The smallest absolute Gasteiger partial charge is 0.338 e. The molecule has 0 saturated carbocycles. The first-order valence-corrected chi connectivity index (χ1v) is 10.8. The first-order chi connectivity index (χ1) is 13.7. The average Bonchev–Trinajstić information content (AvgIpc) is 2.67. The molecule has 158 valence electrons. The molecule has 0 fully saturated rings. The van der Waals surface area contributed by atoms with Crippen molar-refractivity contribution in [1.82, 2.24) is 4.31 Å². The van der Waals surface area contributed by atoms with Crippen molar-refractivity contribution in [2.75, 3.05) is 26.3 Å². The second kappa shape index (κ2) is 9.84. The summed E-state index contributed by atoms with van der Waals surface area (Å²) in [5.41, 5.74) is 1.91. The highest BCUT2D eigenvalue weighted by molar-refractivity contribution is 7.89. The first kappa shape index (κ1) is 22.8. The summed E-state index contributed by atoms with van der Waals surface area (Å²) in [5, 5.41) is 0. The molecule has 8 heteroatoms. The third-order valence-electron chi connectivity index (χ3n) is 4.46. The number of benzene rings is 2. The van der Waals surface area contributed by atoms with E-state index in [2.05, 4.69) is 0 Å². The van der Waals surface area contributed by atoms with Crippen molar-refractivity contribution in [1.29, 1.82) is 0 Å². The number of hydrogen-bond acceptors (Lipinski definition) is 5. The van der Waals surface area contributed by atoms with E-state index in [0.717, 1.165) is 33.3 Å². The van der Waals surface area contributed by atoms with Gasteiger partial charge in [0, 0.05) is 13.1 Å². The standard InChI is InChI=1S/C21H26FNO5S/c1-5-23(6-2)29(25,26)19-14-17(10-11-18(19)22)21(24)28-13-12-27-20-15(3)8-7-9-16(20)4/h7-11,14H,5-6,12-13H2,1-4H3. The predicted octanol–water partition coefficient (Wildman–Crippen LogP) is 3.71. The van der Waals surface area contributed by atoms with E-state index in [0.29, 0.717) is 0 Å². The van der Waals surface area contributed by atoms with Crippen LogP contribution >= 0.6 is 0 Å². The van der Waals surface area contributed by atoms with E-state index in [1.807, 2.05) is 32.0 Å². The molecule has 0 spiro atoms. The van der Waals surface area contributed by atoms with Crippen molar-refractivity contribution >= 4 is 16.0 Å². The number of ether oxygens (including phenoxy) is 2. The van der Waals surface area contributed by atoms with Crippen LogP contribution in [0.3, 0.4) is 0 Å². The maximum Gasteiger partial charge on any atom is 0.338 e. The lowest BCUT2D eigenvalue weighted by Crippen LogP contribution is -2.31. The van der Waals surface area contributed by atoms with Gasteiger partial charge in [0.05, 0.1) is 5.56 Å². The number of para-hydroxylation sites is 1. The van der Waals surface area contributed by atoms with E-state index in [-0.39, 0.29) is 31.9 Å². The van der Waals surface area contributed by atoms with Crippen molar-refractivity contribution in [2.24, 2.45) is 0 Å². The Labute approximate surface area is 171 Å². The molecular weight excluding hydrogens is 397 g/mol. The van der Waals surface area contributed by atoms with E-state index in [1.54, 1.807) is 13.8 Å². The van der Waals surface area contributed by atoms with Crippen molar-refractivity contribution < 1.29 is 27.1 Å². The summed E-state index contributed by atoms with van der Waals surface area (Å²) in [6, 6.07) is 8.94. The van der Waals surface area contributed by atoms with Crippen molar-refractivity contribution in [3.05, 3.63) is 58.9 Å². The van der Waals surface area contributed by atoms with Gasteiger partial charge in [0.1, 0.15) is 29.7 Å². The molecule has 6 nitrogen and oxygen atoms in total. The van der Waals surface area contributed by atoms with Gasteiger partial charge in [0.25, 0.3) is 0 Å². The zero-order chi connectivity index (χ0) is 21.6. The van der Waals surface area contributed by atoms with Gasteiger partial charge < -0.3 is 9.47 Å². The fourth-order valence-corrected chi connectivity index (χ4v) is 4.47. The number of sulfonamides is 1. The third-order valence-corrected chi connectivity index (χ3v) is 6.53. The van der Waals surface area contributed by atoms with Crippen LogP contribution in [-0.2, 0) is 14.8 Å². The molecule has 0 heterocycles. The lowest BCUT2D eigenvalue weighted by Gasteiger charge is -2.19. The van der Waals surface area contributed by atoms with Crippen LogP contribution in [-0.4, -0.2) is 45.0 Å². The highest BCUT2D eigenvalue weighted by Gasteiger charge is 2.26. The molecule has 2 rings (SSSR count). The highest BCUT2D eigenvalue weighted by Crippen LogP contribution is 2.23. The Morgan fingerprint density at radius 1 is 1.03 bits per heavy atom. The molecule has 0 aliphatic heterocycles. The predicted molar refractivity (Wildman–Crippen MR) is 108 cm³/mol. The zero-order valence-electron chi connectivity index (χ0n) is 17.1. The third kappa shape index (κ3) is 5.33. The van der Waals surface area contributed by atoms with Crippen molar-refractivity contribution in [3.63, 3.8) is 0 Å². The van der Waals surface area contributed by atoms with Gasteiger partial charge in [-0.2, -0.15) is 4.31 Å². The molecule has 0 bridgehead atoms. The molecule has 0 aliphatic rings. The van der Waals surface area contributed by atoms with Crippen LogP contribution in [0.25, 0.3) is 0 Å². The molecule has 0 atom stereocenters. The Morgan fingerprint density at radius 3 is 2.24 bits per heavy atom. The summed E-state index contributed by atoms with van der Waals surface area (Å²) in [4.78, 5) is 11.7. The summed E-state index contributed by atoms with van der Waals surface area (Å²) in [7, 11) is -4.03. The Morgan fingerprint density at radius 2 is 1.66 bits per heavy atom. The zero-order valence-corrected chi connectivity index (χ0v) is 17.9. The molecule has 0 N–H and O–H groups in total. The maximum absolute atomic E-state index is 14.2. The lowest BCUT2D eigenvalue weighted by molar-refractivity contribution is 0.0449. The molecule has 2 aromatic carbocycles. The average molecular weight is 424 g/mol. The summed E-state index contributed by atoms with van der Waals surface area (Å²) in [5.74, 6) is -0.921. The Hall–Kier alpha value is -2.45. The second-order valence-electron chi connectivity index (χ2n) is 6.44. The van der Waals surface area contributed by atoms with Crippen LogP contribution in [0.1, 0.15) is 35.3 Å². The minimum Gasteiger partial charge on any atom is -0.489 e. The van der Waals surface area contributed by atoms with E-state index in [9.17, 15) is 17.6 Å². The van der Waals surface area contributed by atoms with Crippen LogP contribution in [0.2, 0.25) is 0 Å². The summed E-state index contributed by atoms with van der Waals surface area (Å²) in [6.07, 6.45) is 0. The van der Waals surface area contributed by atoms with Crippen molar-refractivity contribution in [3.8, 4) is 5.75 Å². The largest absolute Gasteiger partial charge is 0.489 e.